The number of halogens is 2. The second kappa shape index (κ2) is 6.25. The van der Waals surface area contributed by atoms with Crippen LogP contribution in [0.4, 0.5) is 0 Å². The van der Waals surface area contributed by atoms with Crippen LogP contribution in [0.3, 0.4) is 0 Å². The van der Waals surface area contributed by atoms with Gasteiger partial charge in [-0.2, -0.15) is 0 Å². The van der Waals surface area contributed by atoms with Gasteiger partial charge in [-0.25, -0.2) is 4.79 Å². The Hall–Kier alpha value is -0.550. The standard InChI is InChI=1S/C11H12Br2O3/c1-3-16-11(14)10-7(6-12)4-8(15-2)5-9(10)13/h4-5H,3,6H2,1-2H3. The zero-order valence-corrected chi connectivity index (χ0v) is 12.2. The van der Waals surface area contributed by atoms with Crippen LogP contribution in [0, 0.1) is 0 Å². The molecule has 0 bridgehead atoms. The molecular weight excluding hydrogens is 340 g/mol. The van der Waals surface area contributed by atoms with E-state index >= 15 is 0 Å². The normalized spacial score (nSPS) is 10.0. The first-order chi connectivity index (χ1) is 7.63. The average Bonchev–Trinajstić information content (AvgIpc) is 2.27. The molecule has 0 aromatic heterocycles. The van der Waals surface area contributed by atoms with Crippen LogP contribution in [0.2, 0.25) is 0 Å². The fourth-order valence-corrected chi connectivity index (χ4v) is 2.38. The Morgan fingerprint density at radius 1 is 1.44 bits per heavy atom. The van der Waals surface area contributed by atoms with E-state index in [2.05, 4.69) is 31.9 Å². The highest BCUT2D eigenvalue weighted by molar-refractivity contribution is 9.10. The largest absolute Gasteiger partial charge is 0.497 e. The summed E-state index contributed by atoms with van der Waals surface area (Å²) >= 11 is 6.69. The molecule has 0 saturated carbocycles. The summed E-state index contributed by atoms with van der Waals surface area (Å²) in [7, 11) is 1.59. The molecule has 0 heterocycles. The molecule has 88 valence electrons. The van der Waals surface area contributed by atoms with E-state index in [1.165, 1.54) is 0 Å². The maximum Gasteiger partial charge on any atom is 0.339 e. The molecule has 16 heavy (non-hydrogen) atoms. The molecule has 3 nitrogen and oxygen atoms in total. The van der Waals surface area contributed by atoms with Gasteiger partial charge in [-0.3, -0.25) is 0 Å². The van der Waals surface area contributed by atoms with Crippen molar-refractivity contribution in [1.82, 2.24) is 0 Å². The van der Waals surface area contributed by atoms with Crippen molar-refractivity contribution < 1.29 is 14.3 Å². The lowest BCUT2D eigenvalue weighted by atomic mass is 10.1. The predicted molar refractivity (Wildman–Crippen MR) is 69.3 cm³/mol. The summed E-state index contributed by atoms with van der Waals surface area (Å²) in [5.74, 6) is 0.376. The van der Waals surface area contributed by atoms with Gasteiger partial charge in [-0.05, 0) is 40.5 Å². The fraction of sp³-hybridized carbons (Fsp3) is 0.364. The molecule has 0 unspecified atom stereocenters. The van der Waals surface area contributed by atoms with Gasteiger partial charge in [0.1, 0.15) is 5.75 Å². The van der Waals surface area contributed by atoms with E-state index in [0.717, 1.165) is 5.56 Å². The van der Waals surface area contributed by atoms with Crippen molar-refractivity contribution in [3.05, 3.63) is 27.7 Å². The Balaban J connectivity index is 3.21. The molecule has 0 aliphatic carbocycles. The van der Waals surface area contributed by atoms with Gasteiger partial charge in [0, 0.05) is 9.80 Å². The third-order valence-electron chi connectivity index (χ3n) is 2.00. The zero-order chi connectivity index (χ0) is 12.1. The number of carbonyl (C=O) groups is 1. The molecule has 0 aliphatic rings. The number of hydrogen-bond donors (Lipinski definition) is 0. The average molecular weight is 352 g/mol. The quantitative estimate of drug-likeness (QED) is 0.615. The molecule has 0 atom stereocenters. The summed E-state index contributed by atoms with van der Waals surface area (Å²) in [6.45, 7) is 2.14. The topological polar surface area (TPSA) is 35.5 Å². The third kappa shape index (κ3) is 2.98. The summed E-state index contributed by atoms with van der Waals surface area (Å²) in [4.78, 5) is 11.7. The number of hydrogen-bond acceptors (Lipinski definition) is 3. The minimum absolute atomic E-state index is 0.327. The number of carbonyl (C=O) groups excluding carboxylic acids is 1. The highest BCUT2D eigenvalue weighted by Crippen LogP contribution is 2.29. The first-order valence-electron chi connectivity index (χ1n) is 4.73. The maximum atomic E-state index is 11.7. The second-order valence-electron chi connectivity index (χ2n) is 3.00. The van der Waals surface area contributed by atoms with E-state index in [9.17, 15) is 4.79 Å². The van der Waals surface area contributed by atoms with Crippen molar-refractivity contribution in [2.75, 3.05) is 13.7 Å². The van der Waals surface area contributed by atoms with E-state index < -0.39 is 0 Å². The van der Waals surface area contributed by atoms with E-state index in [1.54, 1.807) is 20.1 Å². The number of ether oxygens (including phenoxy) is 2. The van der Waals surface area contributed by atoms with Crippen molar-refractivity contribution >= 4 is 37.8 Å². The number of rotatable bonds is 4. The Morgan fingerprint density at radius 2 is 2.12 bits per heavy atom. The van der Waals surface area contributed by atoms with Crippen LogP contribution in [0.25, 0.3) is 0 Å². The number of methoxy groups -OCH3 is 1. The fourth-order valence-electron chi connectivity index (χ4n) is 1.29. The first kappa shape index (κ1) is 13.5. The summed E-state index contributed by atoms with van der Waals surface area (Å²) in [6.07, 6.45) is 0. The molecule has 0 saturated heterocycles. The number of esters is 1. The lowest BCUT2D eigenvalue weighted by molar-refractivity contribution is 0.0524. The van der Waals surface area contributed by atoms with Gasteiger partial charge in [0.25, 0.3) is 0 Å². The number of benzene rings is 1. The number of alkyl halides is 1. The van der Waals surface area contributed by atoms with Gasteiger partial charge < -0.3 is 9.47 Å². The van der Waals surface area contributed by atoms with Crippen LogP contribution < -0.4 is 4.74 Å². The second-order valence-corrected chi connectivity index (χ2v) is 4.41. The van der Waals surface area contributed by atoms with E-state index in [4.69, 9.17) is 9.47 Å². The lowest BCUT2D eigenvalue weighted by Crippen LogP contribution is -2.09. The van der Waals surface area contributed by atoms with Gasteiger partial charge in [0.05, 0.1) is 19.3 Å². The Kier molecular flexibility index (Phi) is 5.28. The molecule has 0 N–H and O–H groups in total. The van der Waals surface area contributed by atoms with E-state index in [1.807, 2.05) is 6.07 Å². The van der Waals surface area contributed by atoms with Crippen LogP contribution in [-0.4, -0.2) is 19.7 Å². The SMILES string of the molecule is CCOC(=O)c1c(Br)cc(OC)cc1CBr. The highest BCUT2D eigenvalue weighted by Gasteiger charge is 2.17. The Bertz CT molecular complexity index is 391. The molecule has 1 aromatic carbocycles. The van der Waals surface area contributed by atoms with Crippen LogP contribution in [0.1, 0.15) is 22.8 Å². The minimum atomic E-state index is -0.327. The summed E-state index contributed by atoms with van der Waals surface area (Å²) in [5, 5.41) is 0.566. The molecule has 0 aliphatic heterocycles. The smallest absolute Gasteiger partial charge is 0.339 e. The van der Waals surface area contributed by atoms with E-state index in [0.29, 0.717) is 27.7 Å². The molecule has 1 rings (SSSR count). The molecule has 0 radical (unpaired) electrons. The van der Waals surface area contributed by atoms with Crippen molar-refractivity contribution in [2.45, 2.75) is 12.3 Å². The van der Waals surface area contributed by atoms with Gasteiger partial charge in [-0.15, -0.1) is 0 Å². The Labute approximate surface area is 111 Å². The van der Waals surface area contributed by atoms with Crippen molar-refractivity contribution in [3.63, 3.8) is 0 Å². The molecule has 0 amide bonds. The molecule has 0 fully saturated rings. The molecule has 0 spiro atoms. The summed E-state index contributed by atoms with van der Waals surface area (Å²) in [5.41, 5.74) is 1.38. The van der Waals surface area contributed by atoms with Crippen LogP contribution >= 0.6 is 31.9 Å². The van der Waals surface area contributed by atoms with Gasteiger partial charge in [0.2, 0.25) is 0 Å². The summed E-state index contributed by atoms with van der Waals surface area (Å²) in [6, 6.07) is 3.56. The van der Waals surface area contributed by atoms with Crippen LogP contribution in [0.15, 0.2) is 16.6 Å². The third-order valence-corrected chi connectivity index (χ3v) is 3.23. The lowest BCUT2D eigenvalue weighted by Gasteiger charge is -2.11. The maximum absolute atomic E-state index is 11.7. The molecular formula is C11H12Br2O3. The van der Waals surface area contributed by atoms with Gasteiger partial charge >= 0.3 is 5.97 Å². The molecule has 5 heteroatoms. The molecule has 1 aromatic rings. The summed E-state index contributed by atoms with van der Waals surface area (Å²) < 4.78 is 10.8. The Morgan fingerprint density at radius 3 is 2.62 bits per heavy atom. The van der Waals surface area contributed by atoms with Crippen LogP contribution in [-0.2, 0) is 10.1 Å². The van der Waals surface area contributed by atoms with Crippen molar-refractivity contribution in [1.29, 1.82) is 0 Å². The van der Waals surface area contributed by atoms with Gasteiger partial charge in [0.15, 0.2) is 0 Å². The monoisotopic (exact) mass is 350 g/mol. The first-order valence-corrected chi connectivity index (χ1v) is 6.65. The van der Waals surface area contributed by atoms with Gasteiger partial charge in [-0.1, -0.05) is 15.9 Å². The zero-order valence-electron chi connectivity index (χ0n) is 9.05. The predicted octanol–water partition coefficient (Wildman–Crippen LogP) is 3.53. The van der Waals surface area contributed by atoms with E-state index in [-0.39, 0.29) is 5.97 Å². The minimum Gasteiger partial charge on any atom is -0.497 e. The van der Waals surface area contributed by atoms with Crippen molar-refractivity contribution in [3.8, 4) is 5.75 Å². The highest BCUT2D eigenvalue weighted by atomic mass is 79.9. The van der Waals surface area contributed by atoms with Crippen LogP contribution in [0.5, 0.6) is 5.75 Å². The van der Waals surface area contributed by atoms with Crippen molar-refractivity contribution in [2.24, 2.45) is 0 Å².